The Morgan fingerprint density at radius 3 is 2.54 bits per heavy atom. The molecule has 3 fully saturated rings. The van der Waals surface area contributed by atoms with E-state index >= 15 is 0 Å². The molecular weight excluding hydrogens is 334 g/mol. The summed E-state index contributed by atoms with van der Waals surface area (Å²) in [6.07, 6.45) is 7.57. The minimum Gasteiger partial charge on any atom is -0.481 e. The van der Waals surface area contributed by atoms with Crippen molar-refractivity contribution < 1.29 is 24.5 Å². The molecule has 6 nitrogen and oxygen atoms in total. The van der Waals surface area contributed by atoms with Gasteiger partial charge in [-0.2, -0.15) is 0 Å². The van der Waals surface area contributed by atoms with Gasteiger partial charge in [0.15, 0.2) is 0 Å². The standard InChI is InChI=1S/C20H33NO5/c1-26-7-4-14(18(23)24)11-20(5-2-3-6-20)19(25)21-17-10-13-8-15(12-22)16(17)9-13/h13-17,22H,2-12H2,1H3,(H,21,25)(H,23,24). The molecule has 0 aliphatic heterocycles. The van der Waals surface area contributed by atoms with E-state index in [2.05, 4.69) is 5.32 Å². The van der Waals surface area contributed by atoms with Gasteiger partial charge in [-0.15, -0.1) is 0 Å². The Hall–Kier alpha value is -1.14. The molecule has 6 heteroatoms. The van der Waals surface area contributed by atoms with Crippen molar-refractivity contribution in [3.05, 3.63) is 0 Å². The van der Waals surface area contributed by atoms with Crippen LogP contribution in [-0.2, 0) is 14.3 Å². The molecular formula is C20H33NO5. The van der Waals surface area contributed by atoms with Crippen molar-refractivity contribution in [3.8, 4) is 0 Å². The lowest BCUT2D eigenvalue weighted by Crippen LogP contribution is -2.49. The first-order chi connectivity index (χ1) is 12.5. The number of methoxy groups -OCH3 is 1. The van der Waals surface area contributed by atoms with E-state index in [-0.39, 0.29) is 18.6 Å². The summed E-state index contributed by atoms with van der Waals surface area (Å²) in [5.74, 6) is -0.00279. The van der Waals surface area contributed by atoms with E-state index in [1.165, 1.54) is 0 Å². The summed E-state index contributed by atoms with van der Waals surface area (Å²) in [6.45, 7) is 0.607. The number of hydrogen-bond donors (Lipinski definition) is 3. The van der Waals surface area contributed by atoms with Crippen molar-refractivity contribution in [1.29, 1.82) is 0 Å². The largest absolute Gasteiger partial charge is 0.481 e. The third kappa shape index (κ3) is 3.91. The van der Waals surface area contributed by atoms with E-state index in [1.807, 2.05) is 0 Å². The van der Waals surface area contributed by atoms with Gasteiger partial charge in [-0.1, -0.05) is 12.8 Å². The number of rotatable bonds is 9. The predicted octanol–water partition coefficient (Wildman–Crippen LogP) is 2.20. The summed E-state index contributed by atoms with van der Waals surface area (Å²) < 4.78 is 5.06. The number of aliphatic carboxylic acids is 1. The van der Waals surface area contributed by atoms with Gasteiger partial charge >= 0.3 is 5.97 Å². The van der Waals surface area contributed by atoms with Gasteiger partial charge < -0.3 is 20.3 Å². The molecule has 26 heavy (non-hydrogen) atoms. The van der Waals surface area contributed by atoms with E-state index in [1.54, 1.807) is 7.11 Å². The van der Waals surface area contributed by atoms with Crippen molar-refractivity contribution in [2.45, 2.75) is 63.8 Å². The Morgan fingerprint density at radius 2 is 1.96 bits per heavy atom. The van der Waals surface area contributed by atoms with Crippen LogP contribution < -0.4 is 5.32 Å². The maximum atomic E-state index is 13.2. The number of fused-ring (bicyclic) bond motifs is 2. The van der Waals surface area contributed by atoms with E-state index in [0.717, 1.165) is 44.9 Å². The molecule has 148 valence electrons. The summed E-state index contributed by atoms with van der Waals surface area (Å²) in [5.41, 5.74) is -0.548. The van der Waals surface area contributed by atoms with Gasteiger partial charge in [-0.3, -0.25) is 9.59 Å². The quantitative estimate of drug-likeness (QED) is 0.581. The van der Waals surface area contributed by atoms with Crippen molar-refractivity contribution in [2.24, 2.45) is 29.1 Å². The maximum absolute atomic E-state index is 13.2. The number of ether oxygens (including phenoxy) is 1. The molecule has 1 amide bonds. The molecule has 5 atom stereocenters. The zero-order valence-corrected chi connectivity index (χ0v) is 15.8. The molecule has 0 aromatic carbocycles. The smallest absolute Gasteiger partial charge is 0.306 e. The molecule has 3 saturated carbocycles. The van der Waals surface area contributed by atoms with E-state index < -0.39 is 17.3 Å². The first kappa shape index (κ1) is 19.6. The average molecular weight is 367 g/mol. The maximum Gasteiger partial charge on any atom is 0.306 e. The Balaban J connectivity index is 1.66. The van der Waals surface area contributed by atoms with Crippen molar-refractivity contribution in [2.75, 3.05) is 20.3 Å². The van der Waals surface area contributed by atoms with Crippen LogP contribution in [0.2, 0.25) is 0 Å². The van der Waals surface area contributed by atoms with Crippen LogP contribution in [0, 0.1) is 29.1 Å². The molecule has 0 spiro atoms. The fraction of sp³-hybridized carbons (Fsp3) is 0.900. The number of carbonyl (C=O) groups is 2. The van der Waals surface area contributed by atoms with Crippen LogP contribution in [0.4, 0.5) is 0 Å². The average Bonchev–Trinajstić information content (AvgIpc) is 3.33. The lowest BCUT2D eigenvalue weighted by molar-refractivity contribution is -0.145. The highest BCUT2D eigenvalue weighted by molar-refractivity contribution is 5.84. The normalized spacial score (nSPS) is 33.3. The summed E-state index contributed by atoms with van der Waals surface area (Å²) in [5, 5.41) is 22.4. The second-order valence-electron chi connectivity index (χ2n) is 8.77. The zero-order valence-electron chi connectivity index (χ0n) is 15.8. The number of amides is 1. The van der Waals surface area contributed by atoms with Crippen LogP contribution in [0.25, 0.3) is 0 Å². The number of aliphatic hydroxyl groups excluding tert-OH is 1. The van der Waals surface area contributed by atoms with Crippen LogP contribution in [-0.4, -0.2) is 48.5 Å². The first-order valence-electron chi connectivity index (χ1n) is 10.1. The minimum atomic E-state index is -0.832. The summed E-state index contributed by atoms with van der Waals surface area (Å²) in [6, 6.07) is 0.151. The lowest BCUT2D eigenvalue weighted by atomic mass is 9.75. The molecule has 2 bridgehead atoms. The fourth-order valence-corrected chi connectivity index (χ4v) is 5.81. The molecule has 0 saturated heterocycles. The van der Waals surface area contributed by atoms with Crippen LogP contribution in [0.3, 0.4) is 0 Å². The Kier molecular flexibility index (Phi) is 6.23. The van der Waals surface area contributed by atoms with Gasteiger partial charge in [0.25, 0.3) is 0 Å². The second kappa shape index (κ2) is 8.26. The van der Waals surface area contributed by atoms with Gasteiger partial charge in [0.1, 0.15) is 0 Å². The van der Waals surface area contributed by atoms with Gasteiger partial charge in [0.2, 0.25) is 5.91 Å². The highest BCUT2D eigenvalue weighted by Gasteiger charge is 2.49. The monoisotopic (exact) mass is 367 g/mol. The van der Waals surface area contributed by atoms with E-state index in [0.29, 0.717) is 37.2 Å². The van der Waals surface area contributed by atoms with Crippen LogP contribution in [0.15, 0.2) is 0 Å². The van der Waals surface area contributed by atoms with Gasteiger partial charge in [-0.05, 0) is 62.7 Å². The third-order valence-corrected chi connectivity index (χ3v) is 7.20. The number of carboxylic acid groups (broad SMARTS) is 1. The number of carboxylic acids is 1. The summed E-state index contributed by atoms with van der Waals surface area (Å²) >= 11 is 0. The van der Waals surface area contributed by atoms with Crippen molar-refractivity contribution >= 4 is 11.9 Å². The summed E-state index contributed by atoms with van der Waals surface area (Å²) in [4.78, 5) is 24.9. The molecule has 5 unspecified atom stereocenters. The molecule has 0 radical (unpaired) electrons. The highest BCUT2D eigenvalue weighted by atomic mass is 16.5. The highest BCUT2D eigenvalue weighted by Crippen LogP contribution is 2.49. The fourth-order valence-electron chi connectivity index (χ4n) is 5.81. The zero-order chi connectivity index (χ0) is 18.7. The number of aliphatic hydroxyl groups is 1. The molecule has 0 aromatic heterocycles. The van der Waals surface area contributed by atoms with Gasteiger partial charge in [0.05, 0.1) is 11.3 Å². The van der Waals surface area contributed by atoms with E-state index in [9.17, 15) is 19.8 Å². The molecule has 3 aliphatic carbocycles. The van der Waals surface area contributed by atoms with Gasteiger partial charge in [-0.25, -0.2) is 0 Å². The van der Waals surface area contributed by atoms with Crippen molar-refractivity contribution in [3.63, 3.8) is 0 Å². The molecule has 3 rings (SSSR count). The minimum absolute atomic E-state index is 0.0490. The van der Waals surface area contributed by atoms with Gasteiger partial charge in [0, 0.05) is 26.4 Å². The SMILES string of the molecule is COCCC(CC1(C(=O)NC2CC3CC(CO)C2C3)CCCC1)C(=O)O. The Bertz CT molecular complexity index is 516. The first-order valence-corrected chi connectivity index (χ1v) is 10.1. The summed E-state index contributed by atoms with van der Waals surface area (Å²) in [7, 11) is 1.57. The topological polar surface area (TPSA) is 95.9 Å². The Morgan fingerprint density at radius 1 is 1.23 bits per heavy atom. The third-order valence-electron chi connectivity index (χ3n) is 7.20. The van der Waals surface area contributed by atoms with Crippen molar-refractivity contribution in [1.82, 2.24) is 5.32 Å². The molecule has 3 N–H and O–H groups in total. The molecule has 3 aliphatic rings. The van der Waals surface area contributed by atoms with E-state index in [4.69, 9.17) is 4.74 Å². The number of nitrogens with one attached hydrogen (secondary N) is 1. The number of carbonyl (C=O) groups excluding carboxylic acids is 1. The molecule has 0 heterocycles. The second-order valence-corrected chi connectivity index (χ2v) is 8.77. The number of hydrogen-bond acceptors (Lipinski definition) is 4. The lowest BCUT2D eigenvalue weighted by Gasteiger charge is -2.35. The van der Waals surface area contributed by atoms with Crippen LogP contribution in [0.5, 0.6) is 0 Å². The van der Waals surface area contributed by atoms with Crippen LogP contribution in [0.1, 0.15) is 57.8 Å². The molecule has 0 aromatic rings. The Labute approximate surface area is 155 Å². The predicted molar refractivity (Wildman–Crippen MR) is 96.5 cm³/mol. The van der Waals surface area contributed by atoms with Crippen LogP contribution >= 0.6 is 0 Å².